The molecule has 1 aromatic carbocycles. The lowest BCUT2D eigenvalue weighted by atomic mass is 10.1. The van der Waals surface area contributed by atoms with E-state index in [2.05, 4.69) is 53.2 Å². The van der Waals surface area contributed by atoms with Gasteiger partial charge in [0.05, 0.1) is 6.54 Å². The highest BCUT2D eigenvalue weighted by Gasteiger charge is 2.33. The normalized spacial score (nSPS) is 22.5. The number of nitrogens with one attached hydrogen (secondary N) is 1. The standard InChI is InChI=1S/C18H27N3O/c1-14-3-5-16(6-4-14)12-21(17-7-8-17)18(22)13-20-10-9-19-11-15(20)2/h3-6,15,17,19H,7-13H2,1-2H3/t15-/m1/s1. The Bertz CT molecular complexity index is 510. The van der Waals surface area contributed by atoms with E-state index in [4.69, 9.17) is 0 Å². The third-order valence-corrected chi connectivity index (χ3v) is 4.76. The molecule has 1 aromatic rings. The van der Waals surface area contributed by atoms with Gasteiger partial charge >= 0.3 is 0 Å². The van der Waals surface area contributed by atoms with Gasteiger partial charge in [0.25, 0.3) is 0 Å². The molecule has 1 amide bonds. The quantitative estimate of drug-likeness (QED) is 0.900. The molecule has 22 heavy (non-hydrogen) atoms. The van der Waals surface area contributed by atoms with Crippen LogP contribution in [0.25, 0.3) is 0 Å². The highest BCUT2D eigenvalue weighted by atomic mass is 16.2. The lowest BCUT2D eigenvalue weighted by Crippen LogP contribution is -2.53. The molecule has 3 rings (SSSR count). The van der Waals surface area contributed by atoms with Crippen LogP contribution in [0.4, 0.5) is 0 Å². The number of hydrogen-bond acceptors (Lipinski definition) is 3. The SMILES string of the molecule is Cc1ccc(CN(C(=O)CN2CCNC[C@H]2C)C2CC2)cc1. The van der Waals surface area contributed by atoms with Gasteiger partial charge in [0.2, 0.25) is 5.91 Å². The van der Waals surface area contributed by atoms with Crippen LogP contribution in [0.2, 0.25) is 0 Å². The van der Waals surface area contributed by atoms with Crippen LogP contribution in [0.1, 0.15) is 30.9 Å². The maximum Gasteiger partial charge on any atom is 0.237 e. The molecule has 0 radical (unpaired) electrons. The van der Waals surface area contributed by atoms with Crippen molar-refractivity contribution in [2.75, 3.05) is 26.2 Å². The van der Waals surface area contributed by atoms with Gasteiger partial charge in [0.15, 0.2) is 0 Å². The van der Waals surface area contributed by atoms with Gasteiger partial charge in [-0.15, -0.1) is 0 Å². The zero-order chi connectivity index (χ0) is 15.5. The Morgan fingerprint density at radius 1 is 1.32 bits per heavy atom. The molecule has 1 saturated heterocycles. The molecule has 0 spiro atoms. The Morgan fingerprint density at radius 3 is 2.68 bits per heavy atom. The fourth-order valence-electron chi connectivity index (χ4n) is 3.08. The number of carbonyl (C=O) groups is 1. The Morgan fingerprint density at radius 2 is 2.05 bits per heavy atom. The summed E-state index contributed by atoms with van der Waals surface area (Å²) in [5, 5.41) is 3.38. The minimum atomic E-state index is 0.289. The first kappa shape index (κ1) is 15.5. The summed E-state index contributed by atoms with van der Waals surface area (Å²) in [7, 11) is 0. The predicted octanol–water partition coefficient (Wildman–Crippen LogP) is 1.78. The number of benzene rings is 1. The Balaban J connectivity index is 1.62. The van der Waals surface area contributed by atoms with E-state index in [1.807, 2.05) is 0 Å². The fraction of sp³-hybridized carbons (Fsp3) is 0.611. The van der Waals surface area contributed by atoms with Gasteiger partial charge < -0.3 is 10.2 Å². The number of rotatable bonds is 5. The van der Waals surface area contributed by atoms with E-state index in [1.54, 1.807) is 0 Å². The minimum absolute atomic E-state index is 0.289. The minimum Gasteiger partial charge on any atom is -0.334 e. The van der Waals surface area contributed by atoms with Gasteiger partial charge in [-0.25, -0.2) is 0 Å². The second-order valence-electron chi connectivity index (χ2n) is 6.76. The molecular formula is C18H27N3O. The summed E-state index contributed by atoms with van der Waals surface area (Å²) in [5.74, 6) is 0.289. The Hall–Kier alpha value is -1.39. The summed E-state index contributed by atoms with van der Waals surface area (Å²) >= 11 is 0. The average Bonchev–Trinajstić information content (AvgIpc) is 3.33. The van der Waals surface area contributed by atoms with Crippen molar-refractivity contribution >= 4 is 5.91 Å². The van der Waals surface area contributed by atoms with E-state index >= 15 is 0 Å². The van der Waals surface area contributed by atoms with Crippen molar-refractivity contribution in [2.24, 2.45) is 0 Å². The van der Waals surface area contributed by atoms with Crippen molar-refractivity contribution in [2.45, 2.75) is 45.3 Å². The molecule has 0 unspecified atom stereocenters. The van der Waals surface area contributed by atoms with Crippen molar-refractivity contribution in [3.63, 3.8) is 0 Å². The average molecular weight is 301 g/mol. The molecule has 2 fully saturated rings. The second kappa shape index (κ2) is 6.80. The van der Waals surface area contributed by atoms with Crippen LogP contribution in [-0.4, -0.2) is 54.0 Å². The summed E-state index contributed by atoms with van der Waals surface area (Å²) in [4.78, 5) is 17.2. The first-order valence-corrected chi connectivity index (χ1v) is 8.43. The molecule has 1 N–H and O–H groups in total. The number of amides is 1. The van der Waals surface area contributed by atoms with E-state index in [0.717, 1.165) is 39.0 Å². The van der Waals surface area contributed by atoms with E-state index in [1.165, 1.54) is 11.1 Å². The van der Waals surface area contributed by atoms with Crippen molar-refractivity contribution in [1.29, 1.82) is 0 Å². The summed E-state index contributed by atoms with van der Waals surface area (Å²) in [6.45, 7) is 8.54. The molecule has 2 aliphatic rings. The molecule has 0 bridgehead atoms. The zero-order valence-electron chi connectivity index (χ0n) is 13.7. The van der Waals surface area contributed by atoms with Crippen LogP contribution in [0, 0.1) is 6.92 Å². The third kappa shape index (κ3) is 3.87. The lowest BCUT2D eigenvalue weighted by Gasteiger charge is -2.35. The van der Waals surface area contributed by atoms with Crippen LogP contribution in [0.3, 0.4) is 0 Å². The highest BCUT2D eigenvalue weighted by molar-refractivity contribution is 5.79. The number of nitrogens with zero attached hydrogens (tertiary/aromatic N) is 2. The predicted molar refractivity (Wildman–Crippen MR) is 88.7 cm³/mol. The smallest absolute Gasteiger partial charge is 0.237 e. The molecule has 4 nitrogen and oxygen atoms in total. The summed E-state index contributed by atoms with van der Waals surface area (Å²) in [6.07, 6.45) is 2.32. The maximum absolute atomic E-state index is 12.8. The molecule has 1 heterocycles. The molecular weight excluding hydrogens is 274 g/mol. The number of carbonyl (C=O) groups excluding carboxylic acids is 1. The number of aryl methyl sites for hydroxylation is 1. The van der Waals surface area contributed by atoms with Crippen LogP contribution in [0.15, 0.2) is 24.3 Å². The topological polar surface area (TPSA) is 35.6 Å². The van der Waals surface area contributed by atoms with Crippen molar-refractivity contribution in [3.05, 3.63) is 35.4 Å². The summed E-state index contributed by atoms with van der Waals surface area (Å²) < 4.78 is 0. The number of hydrogen-bond donors (Lipinski definition) is 1. The summed E-state index contributed by atoms with van der Waals surface area (Å²) in [5.41, 5.74) is 2.50. The molecule has 1 atom stereocenters. The van der Waals surface area contributed by atoms with Gasteiger partial charge in [-0.3, -0.25) is 9.69 Å². The molecule has 1 aliphatic carbocycles. The number of piperazine rings is 1. The van der Waals surface area contributed by atoms with Crippen molar-refractivity contribution < 1.29 is 4.79 Å². The molecule has 1 saturated carbocycles. The van der Waals surface area contributed by atoms with Crippen LogP contribution >= 0.6 is 0 Å². The Labute approximate surface area is 133 Å². The maximum atomic E-state index is 12.8. The van der Waals surface area contributed by atoms with Gasteiger partial charge in [0, 0.05) is 38.3 Å². The van der Waals surface area contributed by atoms with E-state index in [0.29, 0.717) is 18.6 Å². The fourth-order valence-corrected chi connectivity index (χ4v) is 3.08. The molecule has 0 aromatic heterocycles. The monoisotopic (exact) mass is 301 g/mol. The van der Waals surface area contributed by atoms with Gasteiger partial charge in [-0.1, -0.05) is 29.8 Å². The lowest BCUT2D eigenvalue weighted by molar-refractivity contribution is -0.134. The van der Waals surface area contributed by atoms with E-state index < -0.39 is 0 Å². The van der Waals surface area contributed by atoms with E-state index in [-0.39, 0.29) is 5.91 Å². The largest absolute Gasteiger partial charge is 0.334 e. The van der Waals surface area contributed by atoms with Gasteiger partial charge in [-0.05, 0) is 32.3 Å². The Kier molecular flexibility index (Phi) is 4.79. The van der Waals surface area contributed by atoms with Crippen LogP contribution in [0.5, 0.6) is 0 Å². The van der Waals surface area contributed by atoms with Crippen LogP contribution < -0.4 is 5.32 Å². The van der Waals surface area contributed by atoms with Crippen molar-refractivity contribution in [1.82, 2.24) is 15.1 Å². The second-order valence-corrected chi connectivity index (χ2v) is 6.76. The first-order chi connectivity index (χ1) is 10.6. The van der Waals surface area contributed by atoms with Crippen molar-refractivity contribution in [3.8, 4) is 0 Å². The summed E-state index contributed by atoms with van der Waals surface area (Å²) in [6, 6.07) is 9.45. The molecule has 120 valence electrons. The molecule has 1 aliphatic heterocycles. The van der Waals surface area contributed by atoms with Gasteiger partial charge in [-0.2, -0.15) is 0 Å². The van der Waals surface area contributed by atoms with Crippen LogP contribution in [-0.2, 0) is 11.3 Å². The zero-order valence-corrected chi connectivity index (χ0v) is 13.7. The third-order valence-electron chi connectivity index (χ3n) is 4.76. The first-order valence-electron chi connectivity index (χ1n) is 8.43. The van der Waals surface area contributed by atoms with Gasteiger partial charge in [0.1, 0.15) is 0 Å². The highest BCUT2D eigenvalue weighted by Crippen LogP contribution is 2.28. The molecule has 4 heteroatoms. The van der Waals surface area contributed by atoms with E-state index in [9.17, 15) is 4.79 Å².